The van der Waals surface area contributed by atoms with Gasteiger partial charge in [-0.1, -0.05) is 26.7 Å². The van der Waals surface area contributed by atoms with Gasteiger partial charge < -0.3 is 10.4 Å². The largest absolute Gasteiger partial charge is 0.508 e. The van der Waals surface area contributed by atoms with Crippen molar-refractivity contribution in [2.75, 3.05) is 5.32 Å². The molecule has 0 aromatic heterocycles. The summed E-state index contributed by atoms with van der Waals surface area (Å²) in [5.74, 6) is 1.85. The van der Waals surface area contributed by atoms with Crippen molar-refractivity contribution in [3.8, 4) is 5.75 Å². The topological polar surface area (TPSA) is 32.3 Å². The van der Waals surface area contributed by atoms with Crippen molar-refractivity contribution in [2.24, 2.45) is 11.8 Å². The molecule has 1 aliphatic rings. The summed E-state index contributed by atoms with van der Waals surface area (Å²) in [5, 5.41) is 12.9. The lowest BCUT2D eigenvalue weighted by Crippen LogP contribution is -2.35. The minimum Gasteiger partial charge on any atom is -0.508 e. The van der Waals surface area contributed by atoms with Crippen molar-refractivity contribution in [3.63, 3.8) is 0 Å². The highest BCUT2D eigenvalue weighted by Crippen LogP contribution is 2.32. The van der Waals surface area contributed by atoms with Crippen molar-refractivity contribution in [1.82, 2.24) is 0 Å². The van der Waals surface area contributed by atoms with Crippen LogP contribution in [0.4, 0.5) is 5.69 Å². The average molecular weight is 233 g/mol. The van der Waals surface area contributed by atoms with Crippen molar-refractivity contribution < 1.29 is 5.11 Å². The van der Waals surface area contributed by atoms with Crippen LogP contribution in [0.3, 0.4) is 0 Å². The second kappa shape index (κ2) is 5.44. The van der Waals surface area contributed by atoms with Crippen LogP contribution in [0, 0.1) is 11.8 Å². The molecular formula is C15H23NO. The van der Waals surface area contributed by atoms with Crippen molar-refractivity contribution in [2.45, 2.75) is 45.6 Å². The Kier molecular flexibility index (Phi) is 3.93. The third-order valence-electron chi connectivity index (χ3n) is 3.90. The molecule has 1 saturated carbocycles. The van der Waals surface area contributed by atoms with E-state index in [-0.39, 0.29) is 0 Å². The second-order valence-corrected chi connectivity index (χ2v) is 5.49. The van der Waals surface area contributed by atoms with E-state index in [1.165, 1.54) is 25.7 Å². The SMILES string of the molecule is CC(C)C1CCCCC1Nc1ccc(O)cc1. The number of nitrogens with one attached hydrogen (secondary N) is 1. The smallest absolute Gasteiger partial charge is 0.115 e. The number of phenolic OH excluding ortho intramolecular Hbond substituents is 1. The Bertz CT molecular complexity index is 344. The molecule has 2 heteroatoms. The molecular weight excluding hydrogens is 210 g/mol. The lowest BCUT2D eigenvalue weighted by molar-refractivity contribution is 0.254. The van der Waals surface area contributed by atoms with Crippen LogP contribution in [0.1, 0.15) is 39.5 Å². The molecule has 0 bridgehead atoms. The van der Waals surface area contributed by atoms with Gasteiger partial charge in [0.25, 0.3) is 0 Å². The first-order valence-corrected chi connectivity index (χ1v) is 6.72. The van der Waals surface area contributed by atoms with Crippen LogP contribution in [0.15, 0.2) is 24.3 Å². The molecule has 0 spiro atoms. The van der Waals surface area contributed by atoms with Crippen molar-refractivity contribution in [1.29, 1.82) is 0 Å². The summed E-state index contributed by atoms with van der Waals surface area (Å²) in [6.45, 7) is 4.64. The van der Waals surface area contributed by atoms with Gasteiger partial charge in [-0.15, -0.1) is 0 Å². The van der Waals surface area contributed by atoms with Crippen LogP contribution in [0.2, 0.25) is 0 Å². The quantitative estimate of drug-likeness (QED) is 0.773. The Balaban J connectivity index is 2.02. The minimum absolute atomic E-state index is 0.333. The van der Waals surface area contributed by atoms with Crippen LogP contribution >= 0.6 is 0 Å². The van der Waals surface area contributed by atoms with E-state index in [4.69, 9.17) is 0 Å². The highest BCUT2D eigenvalue weighted by molar-refractivity contribution is 5.46. The molecule has 1 aliphatic carbocycles. The predicted molar refractivity (Wildman–Crippen MR) is 72.3 cm³/mol. The Morgan fingerprint density at radius 1 is 1.12 bits per heavy atom. The molecule has 0 heterocycles. The summed E-state index contributed by atoms with van der Waals surface area (Å²) in [6.07, 6.45) is 5.31. The Labute approximate surface area is 104 Å². The lowest BCUT2D eigenvalue weighted by Gasteiger charge is -2.35. The fourth-order valence-electron chi connectivity index (χ4n) is 2.91. The number of hydrogen-bond acceptors (Lipinski definition) is 2. The molecule has 0 saturated heterocycles. The molecule has 0 amide bonds. The number of benzene rings is 1. The Morgan fingerprint density at radius 2 is 1.76 bits per heavy atom. The summed E-state index contributed by atoms with van der Waals surface area (Å²) >= 11 is 0. The fraction of sp³-hybridized carbons (Fsp3) is 0.600. The Morgan fingerprint density at radius 3 is 2.41 bits per heavy atom. The highest BCUT2D eigenvalue weighted by Gasteiger charge is 2.27. The van der Waals surface area contributed by atoms with Gasteiger partial charge in [0.1, 0.15) is 5.75 Å². The normalized spacial score (nSPS) is 24.9. The summed E-state index contributed by atoms with van der Waals surface area (Å²) < 4.78 is 0. The van der Waals surface area contributed by atoms with Gasteiger partial charge in [-0.2, -0.15) is 0 Å². The molecule has 1 aromatic rings. The maximum atomic E-state index is 9.27. The molecule has 2 rings (SSSR count). The van der Waals surface area contributed by atoms with Gasteiger partial charge in [-0.3, -0.25) is 0 Å². The molecule has 94 valence electrons. The maximum Gasteiger partial charge on any atom is 0.115 e. The van der Waals surface area contributed by atoms with Crippen LogP contribution in [0.25, 0.3) is 0 Å². The molecule has 0 aliphatic heterocycles. The van der Waals surface area contributed by atoms with E-state index in [0.29, 0.717) is 11.8 Å². The van der Waals surface area contributed by atoms with E-state index >= 15 is 0 Å². The van der Waals surface area contributed by atoms with E-state index < -0.39 is 0 Å². The minimum atomic E-state index is 0.333. The maximum absolute atomic E-state index is 9.27. The summed E-state index contributed by atoms with van der Waals surface area (Å²) in [6, 6.07) is 8.00. The van der Waals surface area contributed by atoms with Crippen LogP contribution in [0.5, 0.6) is 5.75 Å². The van der Waals surface area contributed by atoms with Crippen LogP contribution in [-0.2, 0) is 0 Å². The number of hydrogen-bond donors (Lipinski definition) is 2. The zero-order valence-electron chi connectivity index (χ0n) is 10.8. The number of aromatic hydroxyl groups is 1. The molecule has 1 fully saturated rings. The monoisotopic (exact) mass is 233 g/mol. The van der Waals surface area contributed by atoms with Crippen LogP contribution < -0.4 is 5.32 Å². The van der Waals surface area contributed by atoms with E-state index in [1.54, 1.807) is 12.1 Å². The first-order chi connectivity index (χ1) is 8.16. The third-order valence-corrected chi connectivity index (χ3v) is 3.90. The summed E-state index contributed by atoms with van der Waals surface area (Å²) in [7, 11) is 0. The molecule has 17 heavy (non-hydrogen) atoms. The van der Waals surface area contributed by atoms with E-state index in [9.17, 15) is 5.11 Å². The van der Waals surface area contributed by atoms with E-state index in [2.05, 4.69) is 19.2 Å². The van der Waals surface area contributed by atoms with Crippen molar-refractivity contribution in [3.05, 3.63) is 24.3 Å². The zero-order valence-corrected chi connectivity index (χ0v) is 10.8. The molecule has 2 unspecified atom stereocenters. The second-order valence-electron chi connectivity index (χ2n) is 5.49. The first-order valence-electron chi connectivity index (χ1n) is 6.72. The molecule has 2 nitrogen and oxygen atoms in total. The van der Waals surface area contributed by atoms with E-state index in [0.717, 1.165) is 17.5 Å². The molecule has 0 radical (unpaired) electrons. The van der Waals surface area contributed by atoms with Gasteiger partial charge in [-0.25, -0.2) is 0 Å². The average Bonchev–Trinajstić information content (AvgIpc) is 2.32. The summed E-state index contributed by atoms with van der Waals surface area (Å²) in [4.78, 5) is 0. The van der Waals surface area contributed by atoms with Gasteiger partial charge in [0.15, 0.2) is 0 Å². The summed E-state index contributed by atoms with van der Waals surface area (Å²) in [5.41, 5.74) is 1.13. The Hall–Kier alpha value is -1.18. The van der Waals surface area contributed by atoms with Gasteiger partial charge in [-0.05, 0) is 48.9 Å². The lowest BCUT2D eigenvalue weighted by atomic mass is 9.78. The van der Waals surface area contributed by atoms with Gasteiger partial charge in [0, 0.05) is 11.7 Å². The third kappa shape index (κ3) is 3.15. The number of rotatable bonds is 3. The predicted octanol–water partition coefficient (Wildman–Crippen LogP) is 4.02. The van der Waals surface area contributed by atoms with Crippen molar-refractivity contribution >= 4 is 5.69 Å². The fourth-order valence-corrected chi connectivity index (χ4v) is 2.91. The van der Waals surface area contributed by atoms with Crippen LogP contribution in [-0.4, -0.2) is 11.1 Å². The number of anilines is 1. The zero-order chi connectivity index (χ0) is 12.3. The van der Waals surface area contributed by atoms with E-state index in [1.807, 2.05) is 12.1 Å². The number of phenols is 1. The van der Waals surface area contributed by atoms with Gasteiger partial charge in [0.2, 0.25) is 0 Å². The molecule has 1 aromatic carbocycles. The van der Waals surface area contributed by atoms with Gasteiger partial charge >= 0.3 is 0 Å². The highest BCUT2D eigenvalue weighted by atomic mass is 16.3. The first kappa shape index (κ1) is 12.3. The van der Waals surface area contributed by atoms with Gasteiger partial charge in [0.05, 0.1) is 0 Å². The molecule has 2 N–H and O–H groups in total. The standard InChI is InChI=1S/C15H23NO/c1-11(2)14-5-3-4-6-15(14)16-12-7-9-13(17)10-8-12/h7-11,14-17H,3-6H2,1-2H3. The molecule has 2 atom stereocenters.